The highest BCUT2D eigenvalue weighted by molar-refractivity contribution is 6.28. The number of nitrogens with zero attached hydrogens (tertiary/aromatic N) is 3. The maximum Gasteiger partial charge on any atom is 0.274 e. The summed E-state index contributed by atoms with van der Waals surface area (Å²) in [5.41, 5.74) is 1.08. The van der Waals surface area contributed by atoms with Crippen molar-refractivity contribution in [2.45, 2.75) is 38.6 Å². The molecule has 3 rings (SSSR count). The van der Waals surface area contributed by atoms with Crippen LogP contribution < -0.4 is 5.32 Å². The molecule has 1 fully saturated rings. The van der Waals surface area contributed by atoms with Gasteiger partial charge in [-0.3, -0.25) is 14.9 Å². The normalized spacial score (nSPS) is 15.5. The maximum atomic E-state index is 12.3. The zero-order valence-corrected chi connectivity index (χ0v) is 12.4. The van der Waals surface area contributed by atoms with Gasteiger partial charge in [0.25, 0.3) is 5.91 Å². The van der Waals surface area contributed by atoms with Crippen molar-refractivity contribution >= 4 is 34.4 Å². The predicted molar refractivity (Wildman–Crippen MR) is 78.2 cm³/mol. The van der Waals surface area contributed by atoms with Gasteiger partial charge in [0.1, 0.15) is 11.3 Å². The fraction of sp³-hybridized carbons (Fsp3) is 0.429. The van der Waals surface area contributed by atoms with Crippen LogP contribution in [0.2, 0.25) is 5.28 Å². The molecule has 7 heteroatoms. The van der Waals surface area contributed by atoms with E-state index in [-0.39, 0.29) is 17.2 Å². The minimum atomic E-state index is -0.413. The van der Waals surface area contributed by atoms with Gasteiger partial charge in [-0.15, -0.1) is 0 Å². The topological polar surface area (TPSA) is 76.9 Å². The number of aromatic nitrogens is 3. The lowest BCUT2D eigenvalue weighted by molar-refractivity contribution is -0.118. The number of hydrogen-bond acceptors (Lipinski definition) is 4. The van der Waals surface area contributed by atoms with Crippen LogP contribution in [-0.2, 0) is 4.79 Å². The van der Waals surface area contributed by atoms with Crippen molar-refractivity contribution in [3.05, 3.63) is 23.2 Å². The quantitative estimate of drug-likeness (QED) is 0.865. The SMILES string of the molecule is CC(=O)NC(=O)c1cc2cnc(Cl)nc2n1C1CCCC1. The van der Waals surface area contributed by atoms with Crippen molar-refractivity contribution in [2.24, 2.45) is 0 Å². The second kappa shape index (κ2) is 5.44. The number of carbonyl (C=O) groups excluding carboxylic acids is 2. The zero-order valence-electron chi connectivity index (χ0n) is 11.6. The molecule has 21 heavy (non-hydrogen) atoms. The Morgan fingerprint density at radius 2 is 2.10 bits per heavy atom. The van der Waals surface area contributed by atoms with Crippen LogP contribution in [-0.4, -0.2) is 26.3 Å². The van der Waals surface area contributed by atoms with Crippen LogP contribution in [0, 0.1) is 0 Å². The average Bonchev–Trinajstić information content (AvgIpc) is 3.03. The second-order valence-electron chi connectivity index (χ2n) is 5.27. The number of amides is 2. The highest BCUT2D eigenvalue weighted by Crippen LogP contribution is 2.34. The molecule has 0 atom stereocenters. The summed E-state index contributed by atoms with van der Waals surface area (Å²) in [7, 11) is 0. The van der Waals surface area contributed by atoms with E-state index in [0.29, 0.717) is 11.3 Å². The van der Waals surface area contributed by atoms with Crippen LogP contribution >= 0.6 is 11.6 Å². The molecule has 1 aliphatic rings. The number of rotatable bonds is 2. The number of imide groups is 1. The van der Waals surface area contributed by atoms with Crippen molar-refractivity contribution in [1.29, 1.82) is 0 Å². The molecule has 2 amide bonds. The molecule has 0 bridgehead atoms. The van der Waals surface area contributed by atoms with Crippen LogP contribution in [0.5, 0.6) is 0 Å². The second-order valence-corrected chi connectivity index (χ2v) is 5.60. The van der Waals surface area contributed by atoms with E-state index in [9.17, 15) is 9.59 Å². The summed E-state index contributed by atoms with van der Waals surface area (Å²) in [5.74, 6) is -0.795. The lowest BCUT2D eigenvalue weighted by Crippen LogP contribution is -2.30. The van der Waals surface area contributed by atoms with Gasteiger partial charge in [0.05, 0.1) is 0 Å². The summed E-state index contributed by atoms with van der Waals surface area (Å²) in [6, 6.07) is 1.92. The minimum absolute atomic E-state index is 0.151. The van der Waals surface area contributed by atoms with Crippen molar-refractivity contribution in [2.75, 3.05) is 0 Å². The van der Waals surface area contributed by atoms with Gasteiger partial charge in [0, 0.05) is 24.5 Å². The summed E-state index contributed by atoms with van der Waals surface area (Å²) >= 11 is 5.88. The van der Waals surface area contributed by atoms with E-state index in [2.05, 4.69) is 15.3 Å². The third kappa shape index (κ3) is 2.63. The van der Waals surface area contributed by atoms with Crippen LogP contribution in [0.4, 0.5) is 0 Å². The van der Waals surface area contributed by atoms with Gasteiger partial charge in [0.15, 0.2) is 0 Å². The monoisotopic (exact) mass is 306 g/mol. The molecule has 2 aromatic rings. The lowest BCUT2D eigenvalue weighted by atomic mass is 10.2. The third-order valence-electron chi connectivity index (χ3n) is 3.76. The summed E-state index contributed by atoms with van der Waals surface area (Å²) in [5, 5.41) is 3.22. The van der Waals surface area contributed by atoms with Gasteiger partial charge in [-0.2, -0.15) is 4.98 Å². The summed E-state index contributed by atoms with van der Waals surface area (Å²) in [6.07, 6.45) is 5.83. The smallest absolute Gasteiger partial charge is 0.274 e. The summed E-state index contributed by atoms with van der Waals surface area (Å²) < 4.78 is 1.90. The number of nitrogens with one attached hydrogen (secondary N) is 1. The number of carbonyl (C=O) groups is 2. The molecule has 1 saturated carbocycles. The zero-order chi connectivity index (χ0) is 15.0. The van der Waals surface area contributed by atoms with Crippen molar-refractivity contribution < 1.29 is 9.59 Å². The molecule has 110 valence electrons. The van der Waals surface area contributed by atoms with E-state index in [0.717, 1.165) is 31.1 Å². The molecule has 6 nitrogen and oxygen atoms in total. The molecule has 2 aromatic heterocycles. The van der Waals surface area contributed by atoms with Gasteiger partial charge in [0.2, 0.25) is 11.2 Å². The Labute approximate surface area is 126 Å². The van der Waals surface area contributed by atoms with E-state index >= 15 is 0 Å². The van der Waals surface area contributed by atoms with Crippen molar-refractivity contribution in [1.82, 2.24) is 19.9 Å². The minimum Gasteiger partial charge on any atom is -0.318 e. The average molecular weight is 307 g/mol. The Balaban J connectivity index is 2.15. The Bertz CT molecular complexity index is 719. The molecule has 0 unspecified atom stereocenters. The van der Waals surface area contributed by atoms with E-state index in [1.807, 2.05) is 4.57 Å². The molecule has 1 aliphatic carbocycles. The van der Waals surface area contributed by atoms with Crippen LogP contribution in [0.3, 0.4) is 0 Å². The fourth-order valence-electron chi connectivity index (χ4n) is 2.92. The van der Waals surface area contributed by atoms with Crippen molar-refractivity contribution in [3.8, 4) is 0 Å². The Kier molecular flexibility index (Phi) is 3.63. The molecule has 2 heterocycles. The Morgan fingerprint density at radius 1 is 1.38 bits per heavy atom. The van der Waals surface area contributed by atoms with E-state index in [1.54, 1.807) is 12.3 Å². The lowest BCUT2D eigenvalue weighted by Gasteiger charge is -2.16. The van der Waals surface area contributed by atoms with Gasteiger partial charge < -0.3 is 4.57 Å². The van der Waals surface area contributed by atoms with Crippen LogP contribution in [0.1, 0.15) is 49.1 Å². The van der Waals surface area contributed by atoms with Gasteiger partial charge in [-0.05, 0) is 30.5 Å². The van der Waals surface area contributed by atoms with Gasteiger partial charge >= 0.3 is 0 Å². The van der Waals surface area contributed by atoms with Crippen LogP contribution in [0.25, 0.3) is 11.0 Å². The molecule has 1 N–H and O–H groups in total. The highest BCUT2D eigenvalue weighted by Gasteiger charge is 2.25. The molecular weight excluding hydrogens is 292 g/mol. The fourth-order valence-corrected chi connectivity index (χ4v) is 3.05. The first kappa shape index (κ1) is 14.0. The molecule has 0 spiro atoms. The summed E-state index contributed by atoms with van der Waals surface area (Å²) in [4.78, 5) is 31.6. The molecule has 0 aromatic carbocycles. The third-order valence-corrected chi connectivity index (χ3v) is 3.94. The van der Waals surface area contributed by atoms with Gasteiger partial charge in [-0.25, -0.2) is 4.98 Å². The molecule has 0 aliphatic heterocycles. The first-order valence-electron chi connectivity index (χ1n) is 6.91. The van der Waals surface area contributed by atoms with Crippen LogP contribution in [0.15, 0.2) is 12.3 Å². The van der Waals surface area contributed by atoms with Crippen molar-refractivity contribution in [3.63, 3.8) is 0 Å². The first-order valence-corrected chi connectivity index (χ1v) is 7.29. The largest absolute Gasteiger partial charge is 0.318 e. The molecular formula is C14H15ClN4O2. The van der Waals surface area contributed by atoms with Gasteiger partial charge in [-0.1, -0.05) is 12.8 Å². The van der Waals surface area contributed by atoms with E-state index in [4.69, 9.17) is 11.6 Å². The standard InChI is InChI=1S/C14H15ClN4O2/c1-8(20)17-13(21)11-6-9-7-16-14(15)18-12(9)19(11)10-4-2-3-5-10/h6-7,10H,2-5H2,1H3,(H,17,20,21). The number of fused-ring (bicyclic) bond motifs is 1. The molecule has 0 radical (unpaired) electrons. The highest BCUT2D eigenvalue weighted by atomic mass is 35.5. The number of halogens is 1. The molecule has 0 saturated heterocycles. The summed E-state index contributed by atoms with van der Waals surface area (Å²) in [6.45, 7) is 1.32. The van der Waals surface area contributed by atoms with E-state index in [1.165, 1.54) is 6.92 Å². The Hall–Kier alpha value is -1.95. The predicted octanol–water partition coefficient (Wildman–Crippen LogP) is 2.48. The Morgan fingerprint density at radius 3 is 2.76 bits per heavy atom. The first-order chi connectivity index (χ1) is 10.1. The number of hydrogen-bond donors (Lipinski definition) is 1. The maximum absolute atomic E-state index is 12.3. The van der Waals surface area contributed by atoms with E-state index < -0.39 is 5.91 Å².